The van der Waals surface area contributed by atoms with Gasteiger partial charge in [0.25, 0.3) is 0 Å². The van der Waals surface area contributed by atoms with Crippen LogP contribution in [-0.4, -0.2) is 4.98 Å². The first-order chi connectivity index (χ1) is 7.18. The Labute approximate surface area is 98.3 Å². The van der Waals surface area contributed by atoms with Crippen LogP contribution in [0.25, 0.3) is 11.1 Å². The fraction of sp³-hybridized carbons (Fsp3) is 0.154. The fourth-order valence-corrected chi connectivity index (χ4v) is 1.83. The Hall–Kier alpha value is -1.15. The van der Waals surface area contributed by atoms with E-state index in [-0.39, 0.29) is 0 Å². The molecule has 0 aliphatic carbocycles. The first-order valence-electron chi connectivity index (χ1n) is 4.86. The van der Waals surface area contributed by atoms with Crippen LogP contribution in [0.5, 0.6) is 0 Å². The number of benzene rings is 1. The van der Waals surface area contributed by atoms with E-state index in [0.717, 1.165) is 4.60 Å². The van der Waals surface area contributed by atoms with Crippen molar-refractivity contribution in [2.45, 2.75) is 13.8 Å². The van der Waals surface area contributed by atoms with Crippen molar-refractivity contribution < 1.29 is 0 Å². The standard InChI is InChI=1S/C13H12BrN/c1-9-4-3-5-12(10(9)2)11-6-7-13(14)15-8-11/h3-8H,1-2H3. The van der Waals surface area contributed by atoms with Gasteiger partial charge in [0.15, 0.2) is 0 Å². The highest BCUT2D eigenvalue weighted by Gasteiger charge is 2.03. The molecule has 0 saturated heterocycles. The first kappa shape index (κ1) is 10.4. The smallest absolute Gasteiger partial charge is 0.106 e. The van der Waals surface area contributed by atoms with Crippen LogP contribution in [0.1, 0.15) is 11.1 Å². The molecule has 2 aromatic rings. The molecule has 0 aliphatic heterocycles. The van der Waals surface area contributed by atoms with E-state index >= 15 is 0 Å². The Morgan fingerprint density at radius 2 is 1.87 bits per heavy atom. The predicted molar refractivity (Wildman–Crippen MR) is 66.8 cm³/mol. The maximum atomic E-state index is 4.24. The molecular weight excluding hydrogens is 250 g/mol. The highest BCUT2D eigenvalue weighted by molar-refractivity contribution is 9.10. The minimum absolute atomic E-state index is 0.872. The highest BCUT2D eigenvalue weighted by Crippen LogP contribution is 2.25. The number of rotatable bonds is 1. The molecule has 2 heteroatoms. The Morgan fingerprint density at radius 3 is 2.53 bits per heavy atom. The predicted octanol–water partition coefficient (Wildman–Crippen LogP) is 4.13. The summed E-state index contributed by atoms with van der Waals surface area (Å²) in [5.74, 6) is 0. The Kier molecular flexibility index (Phi) is 2.87. The minimum Gasteiger partial charge on any atom is -0.249 e. The van der Waals surface area contributed by atoms with E-state index in [4.69, 9.17) is 0 Å². The third-order valence-electron chi connectivity index (χ3n) is 2.64. The number of hydrogen-bond acceptors (Lipinski definition) is 1. The van der Waals surface area contributed by atoms with Gasteiger partial charge in [0.05, 0.1) is 0 Å². The lowest BCUT2D eigenvalue weighted by molar-refractivity contribution is 1.26. The summed E-state index contributed by atoms with van der Waals surface area (Å²) in [6.07, 6.45) is 1.89. The normalized spacial score (nSPS) is 10.3. The molecule has 0 fully saturated rings. The zero-order valence-electron chi connectivity index (χ0n) is 8.79. The minimum atomic E-state index is 0.872. The van der Waals surface area contributed by atoms with Gasteiger partial charge in [-0.3, -0.25) is 0 Å². The largest absolute Gasteiger partial charge is 0.249 e. The molecule has 1 aromatic heterocycles. The summed E-state index contributed by atoms with van der Waals surface area (Å²) >= 11 is 3.34. The quantitative estimate of drug-likeness (QED) is 0.704. The van der Waals surface area contributed by atoms with Gasteiger partial charge in [-0.15, -0.1) is 0 Å². The van der Waals surface area contributed by atoms with Crippen LogP contribution in [0.3, 0.4) is 0 Å². The topological polar surface area (TPSA) is 12.9 Å². The van der Waals surface area contributed by atoms with Gasteiger partial charge in [0.1, 0.15) is 4.60 Å². The summed E-state index contributed by atoms with van der Waals surface area (Å²) in [5.41, 5.74) is 5.06. The van der Waals surface area contributed by atoms with Gasteiger partial charge in [0, 0.05) is 11.8 Å². The number of halogens is 1. The van der Waals surface area contributed by atoms with Gasteiger partial charge in [-0.2, -0.15) is 0 Å². The second-order valence-corrected chi connectivity index (χ2v) is 4.43. The molecule has 1 heterocycles. The van der Waals surface area contributed by atoms with Crippen molar-refractivity contribution in [2.75, 3.05) is 0 Å². The average Bonchev–Trinajstić information content (AvgIpc) is 2.24. The highest BCUT2D eigenvalue weighted by atomic mass is 79.9. The Bertz CT molecular complexity index is 474. The summed E-state index contributed by atoms with van der Waals surface area (Å²) in [4.78, 5) is 4.24. The van der Waals surface area contributed by atoms with E-state index in [9.17, 15) is 0 Å². The van der Waals surface area contributed by atoms with E-state index in [1.807, 2.05) is 12.3 Å². The molecule has 0 radical (unpaired) electrons. The van der Waals surface area contributed by atoms with Crippen molar-refractivity contribution in [3.05, 3.63) is 52.3 Å². The summed E-state index contributed by atoms with van der Waals surface area (Å²) < 4.78 is 0.872. The Morgan fingerprint density at radius 1 is 1.07 bits per heavy atom. The molecule has 76 valence electrons. The van der Waals surface area contributed by atoms with Crippen LogP contribution in [0, 0.1) is 13.8 Å². The van der Waals surface area contributed by atoms with Gasteiger partial charge < -0.3 is 0 Å². The van der Waals surface area contributed by atoms with Crippen LogP contribution in [0.15, 0.2) is 41.1 Å². The number of pyridine rings is 1. The van der Waals surface area contributed by atoms with Gasteiger partial charge in [-0.05, 0) is 52.5 Å². The van der Waals surface area contributed by atoms with Crippen molar-refractivity contribution in [1.29, 1.82) is 0 Å². The van der Waals surface area contributed by atoms with Crippen LogP contribution in [-0.2, 0) is 0 Å². The maximum absolute atomic E-state index is 4.24. The van der Waals surface area contributed by atoms with Gasteiger partial charge in [0.2, 0.25) is 0 Å². The summed E-state index contributed by atoms with van der Waals surface area (Å²) in [5, 5.41) is 0. The lowest BCUT2D eigenvalue weighted by atomic mass is 9.98. The van der Waals surface area contributed by atoms with Crippen molar-refractivity contribution in [3.8, 4) is 11.1 Å². The number of aromatic nitrogens is 1. The molecule has 0 atom stereocenters. The average molecular weight is 262 g/mol. The third-order valence-corrected chi connectivity index (χ3v) is 3.11. The second kappa shape index (κ2) is 4.15. The van der Waals surface area contributed by atoms with E-state index < -0.39 is 0 Å². The lowest BCUT2D eigenvalue weighted by Gasteiger charge is -2.08. The second-order valence-electron chi connectivity index (χ2n) is 3.62. The molecular formula is C13H12BrN. The SMILES string of the molecule is Cc1cccc(-c2ccc(Br)nc2)c1C. The lowest BCUT2D eigenvalue weighted by Crippen LogP contribution is -1.87. The first-order valence-corrected chi connectivity index (χ1v) is 5.66. The zero-order chi connectivity index (χ0) is 10.8. The summed E-state index contributed by atoms with van der Waals surface area (Å²) in [6, 6.07) is 10.4. The number of nitrogens with zero attached hydrogens (tertiary/aromatic N) is 1. The molecule has 1 aromatic carbocycles. The van der Waals surface area contributed by atoms with Crippen molar-refractivity contribution in [3.63, 3.8) is 0 Å². The molecule has 0 saturated carbocycles. The van der Waals surface area contributed by atoms with Crippen LogP contribution in [0.4, 0.5) is 0 Å². The van der Waals surface area contributed by atoms with Crippen LogP contribution >= 0.6 is 15.9 Å². The molecule has 1 nitrogen and oxygen atoms in total. The van der Waals surface area contributed by atoms with E-state index in [1.54, 1.807) is 0 Å². The van der Waals surface area contributed by atoms with Gasteiger partial charge in [-0.1, -0.05) is 24.3 Å². The fourth-order valence-electron chi connectivity index (χ4n) is 1.60. The number of aryl methyl sites for hydroxylation is 1. The zero-order valence-corrected chi connectivity index (χ0v) is 10.4. The molecule has 0 N–H and O–H groups in total. The molecule has 0 unspecified atom stereocenters. The Balaban J connectivity index is 2.54. The third kappa shape index (κ3) is 2.10. The summed E-state index contributed by atoms with van der Waals surface area (Å²) in [7, 11) is 0. The maximum Gasteiger partial charge on any atom is 0.106 e. The summed E-state index contributed by atoms with van der Waals surface area (Å²) in [6.45, 7) is 4.28. The van der Waals surface area contributed by atoms with Gasteiger partial charge >= 0.3 is 0 Å². The number of hydrogen-bond donors (Lipinski definition) is 0. The van der Waals surface area contributed by atoms with Crippen molar-refractivity contribution in [1.82, 2.24) is 4.98 Å². The van der Waals surface area contributed by atoms with E-state index in [2.05, 4.69) is 59.0 Å². The van der Waals surface area contributed by atoms with E-state index in [0.29, 0.717) is 0 Å². The molecule has 0 bridgehead atoms. The van der Waals surface area contributed by atoms with Crippen molar-refractivity contribution in [2.24, 2.45) is 0 Å². The monoisotopic (exact) mass is 261 g/mol. The molecule has 0 aliphatic rings. The van der Waals surface area contributed by atoms with Crippen LogP contribution in [0.2, 0.25) is 0 Å². The van der Waals surface area contributed by atoms with Crippen molar-refractivity contribution >= 4 is 15.9 Å². The molecule has 15 heavy (non-hydrogen) atoms. The van der Waals surface area contributed by atoms with Gasteiger partial charge in [-0.25, -0.2) is 4.98 Å². The van der Waals surface area contributed by atoms with Crippen LogP contribution < -0.4 is 0 Å². The molecule has 0 spiro atoms. The molecule has 0 amide bonds. The van der Waals surface area contributed by atoms with E-state index in [1.165, 1.54) is 22.3 Å². The molecule has 2 rings (SSSR count).